The summed E-state index contributed by atoms with van der Waals surface area (Å²) in [6.07, 6.45) is 1.42. The number of nitrogens with one attached hydrogen (secondary N) is 1. The largest absolute Gasteiger partial charge is 0.467 e. The van der Waals surface area contributed by atoms with Gasteiger partial charge in [-0.15, -0.1) is 0 Å². The van der Waals surface area contributed by atoms with Crippen molar-refractivity contribution in [3.8, 4) is 11.5 Å². The zero-order chi connectivity index (χ0) is 25.3. The maximum Gasteiger partial charge on any atom is 0.270 e. The van der Waals surface area contributed by atoms with Crippen LogP contribution >= 0.6 is 11.5 Å². The first-order valence-electron chi connectivity index (χ1n) is 10.6. The number of fused-ring (bicyclic) bond motifs is 1. The molecule has 3 amide bonds. The normalized spacial score (nSPS) is 13.3. The predicted molar refractivity (Wildman–Crippen MR) is 127 cm³/mol. The van der Waals surface area contributed by atoms with Gasteiger partial charge in [0.15, 0.2) is 23.2 Å². The topological polar surface area (TPSA) is 163 Å². The SMILES string of the molecule is CC(C)(C)NC(=O)[C@H](c1ccco1)N(Cc1ccc2c(c1)OCO2)C(=O)c1snc(C(N)=O)c1N. The fourth-order valence-corrected chi connectivity index (χ4v) is 4.35. The number of rotatable bonds is 7. The van der Waals surface area contributed by atoms with Crippen LogP contribution in [0.4, 0.5) is 5.69 Å². The summed E-state index contributed by atoms with van der Waals surface area (Å²) >= 11 is 0.737. The summed E-state index contributed by atoms with van der Waals surface area (Å²) in [7, 11) is 0. The van der Waals surface area contributed by atoms with Gasteiger partial charge in [-0.2, -0.15) is 4.37 Å². The van der Waals surface area contributed by atoms with Crippen molar-refractivity contribution in [2.45, 2.75) is 38.9 Å². The van der Waals surface area contributed by atoms with E-state index in [1.54, 1.807) is 30.3 Å². The fourth-order valence-electron chi connectivity index (χ4n) is 3.59. The molecule has 0 bridgehead atoms. The van der Waals surface area contributed by atoms with Gasteiger partial charge in [0.05, 0.1) is 12.0 Å². The highest BCUT2D eigenvalue weighted by Crippen LogP contribution is 2.35. The molecule has 1 aliphatic rings. The summed E-state index contributed by atoms with van der Waals surface area (Å²) in [5.41, 5.74) is 11.1. The highest BCUT2D eigenvalue weighted by Gasteiger charge is 2.38. The zero-order valence-electron chi connectivity index (χ0n) is 19.4. The van der Waals surface area contributed by atoms with E-state index in [1.807, 2.05) is 20.8 Å². The molecule has 0 spiro atoms. The molecule has 12 heteroatoms. The number of nitrogens with two attached hydrogens (primary N) is 2. The minimum absolute atomic E-state index is 0.0123. The number of ether oxygens (including phenoxy) is 2. The standard InChI is InChI=1S/C23H25N5O6S/c1-23(2,3)26-21(30)18(14-5-4-8-32-14)28(10-12-6-7-13-15(9-12)34-11-33-13)22(31)19-16(24)17(20(25)29)27-35-19/h4-9,18H,10-11,24H2,1-3H3,(H2,25,29)(H,26,30)/t18-/m0/s1. The molecule has 2 aromatic heterocycles. The number of nitrogens with zero attached hydrogens (tertiary/aromatic N) is 2. The van der Waals surface area contributed by atoms with E-state index in [2.05, 4.69) is 9.69 Å². The van der Waals surface area contributed by atoms with Gasteiger partial charge in [-0.25, -0.2) is 0 Å². The Kier molecular flexibility index (Phi) is 6.39. The van der Waals surface area contributed by atoms with Crippen LogP contribution in [0.2, 0.25) is 0 Å². The number of primary amides is 1. The third-order valence-corrected chi connectivity index (χ3v) is 5.93. The van der Waals surface area contributed by atoms with E-state index in [0.29, 0.717) is 17.1 Å². The highest BCUT2D eigenvalue weighted by atomic mass is 32.1. The van der Waals surface area contributed by atoms with E-state index in [9.17, 15) is 14.4 Å². The van der Waals surface area contributed by atoms with E-state index in [-0.39, 0.29) is 35.4 Å². The molecular weight excluding hydrogens is 474 g/mol. The summed E-state index contributed by atoms with van der Waals surface area (Å²) in [5, 5.41) is 2.90. The third kappa shape index (κ3) is 5.06. The number of furan rings is 1. The van der Waals surface area contributed by atoms with E-state index in [0.717, 1.165) is 11.5 Å². The second kappa shape index (κ2) is 9.29. The lowest BCUT2D eigenvalue weighted by molar-refractivity contribution is -0.128. The third-order valence-electron chi connectivity index (χ3n) is 5.08. The summed E-state index contributed by atoms with van der Waals surface area (Å²) in [5.74, 6) is -0.572. The number of aromatic nitrogens is 1. The molecule has 0 saturated carbocycles. The van der Waals surface area contributed by atoms with Gasteiger partial charge in [-0.1, -0.05) is 6.07 Å². The monoisotopic (exact) mass is 499 g/mol. The molecule has 0 aliphatic carbocycles. The van der Waals surface area contributed by atoms with E-state index in [1.165, 1.54) is 11.2 Å². The molecule has 0 saturated heterocycles. The van der Waals surface area contributed by atoms with Crippen molar-refractivity contribution in [3.05, 3.63) is 58.5 Å². The minimum atomic E-state index is -1.15. The number of anilines is 1. The Morgan fingerprint density at radius 3 is 2.57 bits per heavy atom. The van der Waals surface area contributed by atoms with Crippen LogP contribution < -0.4 is 26.3 Å². The van der Waals surface area contributed by atoms with Gasteiger partial charge in [0.25, 0.3) is 17.7 Å². The number of carbonyl (C=O) groups is 3. The van der Waals surface area contributed by atoms with Crippen LogP contribution in [0.15, 0.2) is 41.0 Å². The molecule has 0 fully saturated rings. The lowest BCUT2D eigenvalue weighted by Gasteiger charge is -2.32. The Labute approximate surface area is 205 Å². The molecule has 5 N–H and O–H groups in total. The molecule has 184 valence electrons. The average molecular weight is 500 g/mol. The summed E-state index contributed by atoms with van der Waals surface area (Å²) in [4.78, 5) is 40.3. The number of hydrogen-bond acceptors (Lipinski definition) is 9. The van der Waals surface area contributed by atoms with Crippen molar-refractivity contribution in [1.29, 1.82) is 0 Å². The van der Waals surface area contributed by atoms with Gasteiger partial charge >= 0.3 is 0 Å². The number of nitrogen functional groups attached to an aromatic ring is 1. The lowest BCUT2D eigenvalue weighted by atomic mass is 10.0. The van der Waals surface area contributed by atoms with Crippen LogP contribution in [0.25, 0.3) is 0 Å². The van der Waals surface area contributed by atoms with Crippen LogP contribution in [0.1, 0.15) is 58.3 Å². The Hall–Kier alpha value is -4.06. The Bertz CT molecular complexity index is 1260. The quantitative estimate of drug-likeness (QED) is 0.446. The van der Waals surface area contributed by atoms with E-state index in [4.69, 9.17) is 25.4 Å². The molecule has 11 nitrogen and oxygen atoms in total. The van der Waals surface area contributed by atoms with Crippen LogP contribution in [-0.4, -0.2) is 39.3 Å². The molecular formula is C23H25N5O6S. The van der Waals surface area contributed by atoms with Gasteiger partial charge in [0.2, 0.25) is 6.79 Å². The lowest BCUT2D eigenvalue weighted by Crippen LogP contribution is -2.49. The number of hydrogen-bond donors (Lipinski definition) is 3. The maximum atomic E-state index is 13.8. The molecule has 0 radical (unpaired) electrons. The van der Waals surface area contributed by atoms with Crippen molar-refractivity contribution in [1.82, 2.24) is 14.6 Å². The molecule has 4 rings (SSSR count). The van der Waals surface area contributed by atoms with Gasteiger partial charge in [-0.05, 0) is 62.1 Å². The molecule has 3 heterocycles. The van der Waals surface area contributed by atoms with Crippen molar-refractivity contribution >= 4 is 34.9 Å². The van der Waals surface area contributed by atoms with E-state index >= 15 is 0 Å². The molecule has 35 heavy (non-hydrogen) atoms. The molecule has 1 atom stereocenters. The van der Waals surface area contributed by atoms with E-state index < -0.39 is 29.3 Å². The van der Waals surface area contributed by atoms with Crippen LogP contribution in [0.3, 0.4) is 0 Å². The average Bonchev–Trinajstić information content (AvgIpc) is 3.52. The maximum absolute atomic E-state index is 13.8. The number of benzene rings is 1. The molecule has 3 aromatic rings. The van der Waals surface area contributed by atoms with Crippen LogP contribution in [0, 0.1) is 0 Å². The van der Waals surface area contributed by atoms with Gasteiger partial charge in [0.1, 0.15) is 10.6 Å². The van der Waals surface area contributed by atoms with Crippen molar-refractivity contribution < 1.29 is 28.3 Å². The first kappa shape index (κ1) is 24.1. The molecule has 1 aliphatic heterocycles. The van der Waals surface area contributed by atoms with Gasteiger partial charge < -0.3 is 35.6 Å². The number of amides is 3. The van der Waals surface area contributed by atoms with Crippen molar-refractivity contribution in [2.75, 3.05) is 12.5 Å². The fraction of sp³-hybridized carbons (Fsp3) is 0.304. The Balaban J connectivity index is 1.79. The zero-order valence-corrected chi connectivity index (χ0v) is 20.2. The second-order valence-electron chi connectivity index (χ2n) is 8.92. The summed E-state index contributed by atoms with van der Waals surface area (Å²) in [6.45, 7) is 5.57. The second-order valence-corrected chi connectivity index (χ2v) is 9.69. The van der Waals surface area contributed by atoms with Gasteiger partial charge in [0, 0.05) is 12.1 Å². The summed E-state index contributed by atoms with van der Waals surface area (Å²) in [6, 6.07) is 7.30. The number of carbonyl (C=O) groups excluding carboxylic acids is 3. The van der Waals surface area contributed by atoms with Crippen LogP contribution in [-0.2, 0) is 11.3 Å². The minimum Gasteiger partial charge on any atom is -0.467 e. The van der Waals surface area contributed by atoms with Crippen molar-refractivity contribution in [3.63, 3.8) is 0 Å². The highest BCUT2D eigenvalue weighted by molar-refractivity contribution is 7.09. The summed E-state index contributed by atoms with van der Waals surface area (Å²) < 4.78 is 20.3. The predicted octanol–water partition coefficient (Wildman–Crippen LogP) is 2.44. The molecule has 1 aromatic carbocycles. The smallest absolute Gasteiger partial charge is 0.270 e. The Morgan fingerprint density at radius 2 is 1.94 bits per heavy atom. The van der Waals surface area contributed by atoms with Gasteiger partial charge in [-0.3, -0.25) is 14.4 Å². The first-order valence-corrected chi connectivity index (χ1v) is 11.4. The van der Waals surface area contributed by atoms with Crippen LogP contribution in [0.5, 0.6) is 11.5 Å². The molecule has 0 unspecified atom stereocenters. The first-order chi connectivity index (χ1) is 16.5. The Morgan fingerprint density at radius 1 is 1.20 bits per heavy atom. The van der Waals surface area contributed by atoms with Crippen molar-refractivity contribution in [2.24, 2.45) is 5.73 Å².